The van der Waals surface area contributed by atoms with E-state index in [1.54, 1.807) is 31.4 Å². The maximum absolute atomic E-state index is 12.1. The molecule has 0 saturated carbocycles. The van der Waals surface area contributed by atoms with Gasteiger partial charge in [-0.3, -0.25) is 0 Å². The van der Waals surface area contributed by atoms with Crippen LogP contribution in [0.25, 0.3) is 11.6 Å². The molecule has 0 radical (unpaired) electrons. The van der Waals surface area contributed by atoms with Crippen molar-refractivity contribution in [1.82, 2.24) is 0 Å². The van der Waals surface area contributed by atoms with E-state index in [0.29, 0.717) is 32.2 Å². The molecule has 0 N–H and O–H groups in total. The fraction of sp³-hybridized carbons (Fsp3) is 0.0556. The summed E-state index contributed by atoms with van der Waals surface area (Å²) in [4.78, 5) is 12.1. The van der Waals surface area contributed by atoms with Crippen LogP contribution in [-0.2, 0) is 9.53 Å². The van der Waals surface area contributed by atoms with Gasteiger partial charge in [-0.2, -0.15) is 0 Å². The van der Waals surface area contributed by atoms with E-state index in [1.165, 1.54) is 0 Å². The molecule has 1 aliphatic heterocycles. The maximum atomic E-state index is 12.1. The van der Waals surface area contributed by atoms with Gasteiger partial charge < -0.3 is 9.47 Å². The molecule has 0 amide bonds. The Bertz CT molecular complexity index is 888. The van der Waals surface area contributed by atoms with Gasteiger partial charge in [0.25, 0.3) is 0 Å². The minimum atomic E-state index is -0.453. The van der Waals surface area contributed by atoms with E-state index in [-0.39, 0.29) is 0 Å². The molecule has 6 heteroatoms. The minimum absolute atomic E-state index is 0.335. The first-order valence-corrected chi connectivity index (χ1v) is 8.90. The number of esters is 1. The van der Waals surface area contributed by atoms with Crippen LogP contribution < -0.4 is 4.74 Å². The fourth-order valence-electron chi connectivity index (χ4n) is 2.37. The highest BCUT2D eigenvalue weighted by Crippen LogP contribution is 2.43. The monoisotopic (exact) mass is 468 g/mol. The smallest absolute Gasteiger partial charge is 0.351 e. The highest BCUT2D eigenvalue weighted by atomic mass is 79.9. The number of cyclic esters (lactones) is 1. The number of methoxy groups -OCH3 is 1. The first-order valence-electron chi connectivity index (χ1n) is 6.93. The Kier molecular flexibility index (Phi) is 5.13. The average molecular weight is 471 g/mol. The van der Waals surface area contributed by atoms with Gasteiger partial charge in [0.2, 0.25) is 0 Å². The average Bonchev–Trinajstić information content (AvgIpc) is 2.84. The number of allylic oxidation sites excluding steroid dienone is 1. The second-order valence-corrected chi connectivity index (χ2v) is 7.04. The van der Waals surface area contributed by atoms with E-state index in [4.69, 9.17) is 21.1 Å². The van der Waals surface area contributed by atoms with E-state index >= 15 is 0 Å². The molecular formula is C18H11Br2ClO3. The van der Waals surface area contributed by atoms with E-state index < -0.39 is 5.97 Å². The summed E-state index contributed by atoms with van der Waals surface area (Å²) in [7, 11) is 1.57. The summed E-state index contributed by atoms with van der Waals surface area (Å²) in [5, 5.41) is 0.540. The number of carbonyl (C=O) groups excluding carboxylic acids is 1. The van der Waals surface area contributed by atoms with E-state index in [2.05, 4.69) is 31.9 Å². The molecule has 3 nitrogen and oxygen atoms in total. The summed E-state index contributed by atoms with van der Waals surface area (Å²) >= 11 is 12.9. The second-order valence-electron chi connectivity index (χ2n) is 4.95. The van der Waals surface area contributed by atoms with Gasteiger partial charge in [0.15, 0.2) is 0 Å². The zero-order chi connectivity index (χ0) is 17.3. The highest BCUT2D eigenvalue weighted by molar-refractivity contribution is 9.12. The van der Waals surface area contributed by atoms with E-state index in [0.717, 1.165) is 10.0 Å². The van der Waals surface area contributed by atoms with Gasteiger partial charge in [-0.05, 0) is 51.8 Å². The van der Waals surface area contributed by atoms with Crippen molar-refractivity contribution in [1.29, 1.82) is 0 Å². The molecule has 122 valence electrons. The number of rotatable bonds is 3. The third kappa shape index (κ3) is 3.29. The van der Waals surface area contributed by atoms with Crippen molar-refractivity contribution in [2.24, 2.45) is 0 Å². The van der Waals surface area contributed by atoms with Gasteiger partial charge in [0, 0.05) is 20.6 Å². The third-order valence-electron chi connectivity index (χ3n) is 3.47. The maximum Gasteiger partial charge on any atom is 0.351 e. The molecule has 0 saturated heterocycles. The number of halogens is 3. The lowest BCUT2D eigenvalue weighted by Gasteiger charge is -2.11. The van der Waals surface area contributed by atoms with Crippen LogP contribution in [-0.4, -0.2) is 13.1 Å². The molecule has 1 heterocycles. The summed E-state index contributed by atoms with van der Waals surface area (Å²) in [6, 6.07) is 12.9. The largest absolute Gasteiger partial charge is 0.496 e. The second kappa shape index (κ2) is 7.13. The van der Waals surface area contributed by atoms with E-state index in [9.17, 15) is 4.79 Å². The van der Waals surface area contributed by atoms with Crippen LogP contribution in [0.1, 0.15) is 11.1 Å². The number of hydrogen-bond donors (Lipinski definition) is 0. The van der Waals surface area contributed by atoms with Gasteiger partial charge in [0.1, 0.15) is 16.0 Å². The van der Waals surface area contributed by atoms with Crippen molar-refractivity contribution in [3.8, 4) is 5.75 Å². The molecule has 2 aromatic carbocycles. The van der Waals surface area contributed by atoms with E-state index in [1.807, 2.05) is 24.3 Å². The molecular weight excluding hydrogens is 459 g/mol. The third-order valence-corrected chi connectivity index (χ3v) is 5.15. The van der Waals surface area contributed by atoms with Crippen molar-refractivity contribution in [2.45, 2.75) is 0 Å². The van der Waals surface area contributed by atoms with Crippen molar-refractivity contribution in [3.05, 3.63) is 73.3 Å². The first kappa shape index (κ1) is 17.3. The summed E-state index contributed by atoms with van der Waals surface area (Å²) in [6.07, 6.45) is 1.80. The Hall–Kier alpha value is -1.56. The Morgan fingerprint density at radius 1 is 1.17 bits per heavy atom. The molecule has 3 rings (SSSR count). The van der Waals surface area contributed by atoms with Crippen molar-refractivity contribution in [3.63, 3.8) is 0 Å². The van der Waals surface area contributed by atoms with Gasteiger partial charge in [-0.25, -0.2) is 4.79 Å². The minimum Gasteiger partial charge on any atom is -0.496 e. The highest BCUT2D eigenvalue weighted by Gasteiger charge is 2.31. The molecule has 2 aromatic rings. The SMILES string of the molecule is COc1ccc(Cl)cc1C1=C(Br)C(=O)O/C1=C\c1ccccc1Br. The van der Waals surface area contributed by atoms with Gasteiger partial charge in [0.05, 0.1) is 7.11 Å². The Labute approximate surface area is 161 Å². The fourth-order valence-corrected chi connectivity index (χ4v) is 3.43. The van der Waals surface area contributed by atoms with Crippen LogP contribution in [0.5, 0.6) is 5.75 Å². The molecule has 0 spiro atoms. The van der Waals surface area contributed by atoms with Crippen molar-refractivity contribution < 1.29 is 14.3 Å². The molecule has 0 bridgehead atoms. The van der Waals surface area contributed by atoms with Crippen LogP contribution in [0.15, 0.2) is 57.2 Å². The predicted octanol–water partition coefficient (Wildman–Crippen LogP) is 5.82. The number of hydrogen-bond acceptors (Lipinski definition) is 3. The zero-order valence-corrected chi connectivity index (χ0v) is 16.4. The summed E-state index contributed by atoms with van der Waals surface area (Å²) in [5.41, 5.74) is 2.18. The number of ether oxygens (including phenoxy) is 2. The van der Waals surface area contributed by atoms with Gasteiger partial charge >= 0.3 is 5.97 Å². The lowest BCUT2D eigenvalue weighted by Crippen LogP contribution is -1.94. The van der Waals surface area contributed by atoms with Crippen molar-refractivity contribution >= 4 is 61.1 Å². The van der Waals surface area contributed by atoms with Crippen LogP contribution in [0.3, 0.4) is 0 Å². The summed E-state index contributed by atoms with van der Waals surface area (Å²) in [6.45, 7) is 0. The van der Waals surface area contributed by atoms with Crippen LogP contribution in [0.2, 0.25) is 5.02 Å². The quantitative estimate of drug-likeness (QED) is 0.531. The molecule has 0 fully saturated rings. The van der Waals surface area contributed by atoms with Crippen LogP contribution in [0, 0.1) is 0 Å². The molecule has 24 heavy (non-hydrogen) atoms. The molecule has 0 unspecified atom stereocenters. The number of carbonyl (C=O) groups is 1. The standard InChI is InChI=1S/C18H11Br2ClO3/c1-23-14-7-6-11(21)9-12(14)16-15(24-18(22)17(16)20)8-10-4-2-3-5-13(10)19/h2-9H,1H3/b15-8-. The molecule has 0 aliphatic carbocycles. The van der Waals surface area contributed by atoms with Gasteiger partial charge in [-0.1, -0.05) is 45.7 Å². The summed E-state index contributed by atoms with van der Waals surface area (Å²) < 4.78 is 12.1. The first-order chi connectivity index (χ1) is 11.5. The van der Waals surface area contributed by atoms with Crippen LogP contribution in [0.4, 0.5) is 0 Å². The Balaban J connectivity index is 2.18. The predicted molar refractivity (Wildman–Crippen MR) is 102 cm³/mol. The van der Waals surface area contributed by atoms with Crippen molar-refractivity contribution in [2.75, 3.05) is 7.11 Å². The Morgan fingerprint density at radius 3 is 2.62 bits per heavy atom. The van der Waals surface area contributed by atoms with Crippen LogP contribution >= 0.6 is 43.5 Å². The summed E-state index contributed by atoms with van der Waals surface area (Å²) in [5.74, 6) is 0.576. The number of benzene rings is 2. The lowest BCUT2D eigenvalue weighted by atomic mass is 10.0. The lowest BCUT2D eigenvalue weighted by molar-refractivity contribution is -0.132. The zero-order valence-electron chi connectivity index (χ0n) is 12.5. The van der Waals surface area contributed by atoms with Gasteiger partial charge in [-0.15, -0.1) is 0 Å². The normalized spacial score (nSPS) is 15.8. The molecule has 0 aromatic heterocycles. The molecule has 1 aliphatic rings. The Morgan fingerprint density at radius 2 is 1.92 bits per heavy atom. The molecule has 0 atom stereocenters. The topological polar surface area (TPSA) is 35.5 Å².